The van der Waals surface area contributed by atoms with Crippen LogP contribution in [0, 0.1) is 6.92 Å². The lowest BCUT2D eigenvalue weighted by Crippen LogP contribution is -2.31. The zero-order valence-electron chi connectivity index (χ0n) is 17.8. The molecule has 3 aromatic carbocycles. The summed E-state index contributed by atoms with van der Waals surface area (Å²) >= 11 is 3.38. The molecule has 8 heteroatoms. The molecule has 1 aliphatic rings. The maximum Gasteiger partial charge on any atom is 0.294 e. The van der Waals surface area contributed by atoms with Crippen molar-refractivity contribution < 1.29 is 29.3 Å². The largest absolute Gasteiger partial charge is 0.508 e. The Morgan fingerprint density at radius 2 is 1.71 bits per heavy atom. The summed E-state index contributed by atoms with van der Waals surface area (Å²) in [6.45, 7) is 1.80. The molecule has 1 atom stereocenters. The molecule has 4 aromatic rings. The molecule has 3 N–H and O–H groups in total. The molecule has 0 saturated carbocycles. The van der Waals surface area contributed by atoms with Crippen LogP contribution in [0.25, 0.3) is 11.0 Å². The lowest BCUT2D eigenvalue weighted by atomic mass is 9.94. The van der Waals surface area contributed by atoms with E-state index in [1.165, 1.54) is 23.1 Å². The second kappa shape index (κ2) is 8.07. The number of amides is 1. The number of hydrogen-bond donors (Lipinski definition) is 3. The zero-order chi connectivity index (χ0) is 24.1. The van der Waals surface area contributed by atoms with Gasteiger partial charge < -0.3 is 19.7 Å². The first-order valence-electron chi connectivity index (χ1n) is 10.3. The second-order valence-corrected chi connectivity index (χ2v) is 8.96. The summed E-state index contributed by atoms with van der Waals surface area (Å²) < 4.78 is 6.54. The summed E-state index contributed by atoms with van der Waals surface area (Å²) in [5.41, 5.74) is 1.66. The number of phenols is 2. The van der Waals surface area contributed by atoms with E-state index in [-0.39, 0.29) is 28.5 Å². The highest BCUT2D eigenvalue weighted by molar-refractivity contribution is 9.10. The van der Waals surface area contributed by atoms with Crippen LogP contribution in [-0.4, -0.2) is 27.0 Å². The highest BCUT2D eigenvalue weighted by atomic mass is 79.9. The van der Waals surface area contributed by atoms with Gasteiger partial charge in [-0.15, -0.1) is 0 Å². The number of halogens is 1. The molecule has 34 heavy (non-hydrogen) atoms. The van der Waals surface area contributed by atoms with Crippen molar-refractivity contribution in [2.45, 2.75) is 13.0 Å². The van der Waals surface area contributed by atoms with Gasteiger partial charge in [0.15, 0.2) is 11.5 Å². The normalized spacial score (nSPS) is 16.0. The molecule has 1 aliphatic heterocycles. The number of Topliss-reactive ketones (excluding diaryl/α,β-unsaturated/α-hetero) is 1. The third-order valence-electron chi connectivity index (χ3n) is 5.75. The first-order valence-corrected chi connectivity index (χ1v) is 11.1. The Morgan fingerprint density at radius 1 is 0.971 bits per heavy atom. The van der Waals surface area contributed by atoms with Crippen LogP contribution in [0.5, 0.6) is 11.5 Å². The quantitative estimate of drug-likeness (QED) is 0.298. The van der Waals surface area contributed by atoms with Crippen LogP contribution in [0.4, 0.5) is 5.69 Å². The minimum Gasteiger partial charge on any atom is -0.508 e. The summed E-state index contributed by atoms with van der Waals surface area (Å²) in [7, 11) is 0. The fourth-order valence-electron chi connectivity index (χ4n) is 4.14. The second-order valence-electron chi connectivity index (χ2n) is 8.05. The molecule has 1 aromatic heterocycles. The van der Waals surface area contributed by atoms with Crippen LogP contribution < -0.4 is 4.90 Å². The number of aliphatic hydroxyl groups excluding tert-OH is 1. The third kappa shape index (κ3) is 3.52. The Morgan fingerprint density at radius 3 is 2.44 bits per heavy atom. The van der Waals surface area contributed by atoms with Crippen molar-refractivity contribution in [1.29, 1.82) is 0 Å². The summed E-state index contributed by atoms with van der Waals surface area (Å²) in [5.74, 6) is -2.45. The van der Waals surface area contributed by atoms with E-state index in [0.29, 0.717) is 16.5 Å². The zero-order valence-corrected chi connectivity index (χ0v) is 19.4. The van der Waals surface area contributed by atoms with Crippen LogP contribution in [0.1, 0.15) is 27.7 Å². The highest BCUT2D eigenvalue weighted by Gasteiger charge is 2.46. The topological polar surface area (TPSA) is 111 Å². The van der Waals surface area contributed by atoms with Gasteiger partial charge in [-0.05, 0) is 66.6 Å². The van der Waals surface area contributed by atoms with Crippen molar-refractivity contribution in [2.75, 3.05) is 4.90 Å². The predicted molar refractivity (Wildman–Crippen MR) is 129 cm³/mol. The highest BCUT2D eigenvalue weighted by Crippen LogP contribution is 2.45. The number of phenolic OH excluding ortho intramolecular Hbond substituents is 2. The molecular formula is C26H18BrNO6. The molecule has 7 nitrogen and oxygen atoms in total. The average Bonchev–Trinajstić information content (AvgIpc) is 3.34. The van der Waals surface area contributed by atoms with Crippen molar-refractivity contribution in [3.8, 4) is 11.5 Å². The number of aryl methyl sites for hydroxylation is 1. The first-order chi connectivity index (χ1) is 16.2. The van der Waals surface area contributed by atoms with Crippen molar-refractivity contribution in [3.05, 3.63) is 99.4 Å². The van der Waals surface area contributed by atoms with Crippen molar-refractivity contribution in [1.82, 2.24) is 0 Å². The molecule has 1 unspecified atom stereocenters. The van der Waals surface area contributed by atoms with Gasteiger partial charge in [-0.1, -0.05) is 34.1 Å². The first kappa shape index (κ1) is 21.8. The van der Waals surface area contributed by atoms with Crippen LogP contribution in [0.3, 0.4) is 0 Å². The molecule has 1 amide bonds. The Bertz CT molecular complexity index is 1500. The number of benzene rings is 3. The van der Waals surface area contributed by atoms with Crippen LogP contribution in [0.15, 0.2) is 87.0 Å². The van der Waals surface area contributed by atoms with Gasteiger partial charge in [0.25, 0.3) is 5.91 Å². The molecule has 0 aliphatic carbocycles. The number of anilines is 1. The number of nitrogens with zero attached hydrogens (tertiary/aromatic N) is 1. The number of aromatic hydroxyl groups is 2. The van der Waals surface area contributed by atoms with Gasteiger partial charge in [0.2, 0.25) is 5.78 Å². The number of carbonyl (C=O) groups excluding carboxylic acids is 2. The minimum atomic E-state index is -1.06. The molecular weight excluding hydrogens is 502 g/mol. The summed E-state index contributed by atoms with van der Waals surface area (Å²) in [4.78, 5) is 28.1. The van der Waals surface area contributed by atoms with Gasteiger partial charge in [-0.2, -0.15) is 0 Å². The number of carbonyl (C=O) groups is 2. The van der Waals surface area contributed by atoms with E-state index in [0.717, 1.165) is 10.0 Å². The lowest BCUT2D eigenvalue weighted by Gasteiger charge is -2.27. The van der Waals surface area contributed by atoms with Crippen molar-refractivity contribution >= 4 is 44.3 Å². The van der Waals surface area contributed by atoms with E-state index in [4.69, 9.17) is 4.42 Å². The van der Waals surface area contributed by atoms with Crippen LogP contribution in [-0.2, 0) is 4.79 Å². The maximum absolute atomic E-state index is 13.6. The fourth-order valence-corrected chi connectivity index (χ4v) is 4.52. The summed E-state index contributed by atoms with van der Waals surface area (Å²) in [5, 5.41) is 31.8. The van der Waals surface area contributed by atoms with Gasteiger partial charge in [0.05, 0.1) is 17.3 Å². The summed E-state index contributed by atoms with van der Waals surface area (Å²) in [6, 6.07) is 16.4. The number of fused-ring (bicyclic) bond motifs is 1. The van der Waals surface area contributed by atoms with E-state index >= 15 is 0 Å². The summed E-state index contributed by atoms with van der Waals surface area (Å²) in [6.07, 6.45) is 0. The number of hydrogen-bond acceptors (Lipinski definition) is 6. The average molecular weight is 520 g/mol. The van der Waals surface area contributed by atoms with E-state index in [1.54, 1.807) is 55.5 Å². The van der Waals surface area contributed by atoms with E-state index in [1.807, 2.05) is 0 Å². The lowest BCUT2D eigenvalue weighted by molar-refractivity contribution is -0.117. The van der Waals surface area contributed by atoms with Crippen molar-refractivity contribution in [2.24, 2.45) is 0 Å². The Hall–Kier alpha value is -4.04. The number of furan rings is 1. The molecule has 5 rings (SSSR count). The van der Waals surface area contributed by atoms with Crippen LogP contribution >= 0.6 is 15.9 Å². The van der Waals surface area contributed by atoms with E-state index in [2.05, 4.69) is 15.9 Å². The molecule has 170 valence electrons. The molecule has 0 fully saturated rings. The Labute approximate surface area is 202 Å². The smallest absolute Gasteiger partial charge is 0.294 e. The molecule has 2 heterocycles. The number of rotatable bonds is 4. The third-order valence-corrected chi connectivity index (χ3v) is 6.25. The Kier molecular flexibility index (Phi) is 5.17. The fraction of sp³-hybridized carbons (Fsp3) is 0.0769. The van der Waals surface area contributed by atoms with Gasteiger partial charge in [0.1, 0.15) is 17.1 Å². The van der Waals surface area contributed by atoms with Gasteiger partial charge in [-0.3, -0.25) is 14.5 Å². The minimum absolute atomic E-state index is 0.00182. The monoisotopic (exact) mass is 519 g/mol. The molecule has 0 bridgehead atoms. The van der Waals surface area contributed by atoms with Crippen LogP contribution in [0.2, 0.25) is 0 Å². The molecule has 0 radical (unpaired) electrons. The number of aliphatic hydroxyl groups is 1. The Balaban J connectivity index is 1.68. The van der Waals surface area contributed by atoms with E-state index in [9.17, 15) is 24.9 Å². The molecule has 0 saturated heterocycles. The van der Waals surface area contributed by atoms with Crippen molar-refractivity contribution in [3.63, 3.8) is 0 Å². The van der Waals surface area contributed by atoms with E-state index < -0.39 is 23.5 Å². The SMILES string of the molecule is Cc1ccc(O)c(N2C(=O)C(O)=C(C(=O)c3cc4cc(Br)ccc4o3)C2c2ccc(O)cc2)c1. The maximum atomic E-state index is 13.6. The van der Waals surface area contributed by atoms with Gasteiger partial charge >= 0.3 is 0 Å². The van der Waals surface area contributed by atoms with Gasteiger partial charge in [-0.25, -0.2) is 0 Å². The number of ketones is 1. The predicted octanol–water partition coefficient (Wildman–Crippen LogP) is 5.70. The molecule has 0 spiro atoms. The van der Waals surface area contributed by atoms with Gasteiger partial charge in [0, 0.05) is 9.86 Å². The standard InChI is InChI=1S/C26H18BrNO6/c1-13-2-8-19(30)18(10-13)28-23(14-3-6-17(29)7-4-14)22(25(32)26(28)33)24(31)21-12-15-11-16(27)5-9-20(15)34-21/h2-12,23,29-30,32H,1H3.